The average Bonchev–Trinajstić information content (AvgIpc) is 2.54. The molecule has 0 aliphatic carbocycles. The minimum absolute atomic E-state index is 0.0820. The molecule has 0 radical (unpaired) electrons. The molecule has 0 saturated heterocycles. The van der Waals surface area contributed by atoms with Crippen LogP contribution in [0.25, 0.3) is 0 Å². The zero-order chi connectivity index (χ0) is 15.9. The van der Waals surface area contributed by atoms with E-state index in [-0.39, 0.29) is 12.1 Å². The van der Waals surface area contributed by atoms with Crippen LogP contribution in [0.15, 0.2) is 54.6 Å². The second kappa shape index (κ2) is 7.28. The Balaban J connectivity index is 2.07. The van der Waals surface area contributed by atoms with Crippen molar-refractivity contribution in [1.82, 2.24) is 4.90 Å². The molecule has 0 heterocycles. The lowest BCUT2D eigenvalue weighted by atomic mass is 10.2. The van der Waals surface area contributed by atoms with Crippen molar-refractivity contribution in [1.29, 1.82) is 5.26 Å². The molecule has 22 heavy (non-hydrogen) atoms. The Kier molecular flexibility index (Phi) is 5.16. The number of anilines is 1. The van der Waals surface area contributed by atoms with Gasteiger partial charge in [0, 0.05) is 18.3 Å². The molecule has 0 aliphatic heterocycles. The van der Waals surface area contributed by atoms with Gasteiger partial charge in [0.1, 0.15) is 0 Å². The number of carbonyl (C=O) groups excluding carboxylic acids is 1. The van der Waals surface area contributed by atoms with Crippen LogP contribution < -0.4 is 5.32 Å². The third-order valence-electron chi connectivity index (χ3n) is 3.35. The molecule has 0 fully saturated rings. The van der Waals surface area contributed by atoms with Crippen LogP contribution in [0.5, 0.6) is 0 Å². The van der Waals surface area contributed by atoms with E-state index >= 15 is 0 Å². The number of nitrogens with one attached hydrogen (secondary N) is 1. The molecule has 4 heteroatoms. The predicted molar refractivity (Wildman–Crippen MR) is 87.3 cm³/mol. The van der Waals surface area contributed by atoms with Crippen molar-refractivity contribution in [3.8, 4) is 6.07 Å². The smallest absolute Gasteiger partial charge is 0.318 e. The van der Waals surface area contributed by atoms with E-state index in [0.29, 0.717) is 17.8 Å². The van der Waals surface area contributed by atoms with Gasteiger partial charge >= 0.3 is 6.03 Å². The Morgan fingerprint density at radius 1 is 1.14 bits per heavy atom. The van der Waals surface area contributed by atoms with Gasteiger partial charge in [0.25, 0.3) is 0 Å². The van der Waals surface area contributed by atoms with Gasteiger partial charge in [-0.15, -0.1) is 0 Å². The molecule has 0 spiro atoms. The number of carbonyl (C=O) groups is 1. The van der Waals surface area contributed by atoms with Gasteiger partial charge in [0.15, 0.2) is 0 Å². The fraction of sp³-hybridized carbons (Fsp3) is 0.222. The van der Waals surface area contributed by atoms with Crippen molar-refractivity contribution in [3.63, 3.8) is 0 Å². The third kappa shape index (κ3) is 4.10. The first-order chi connectivity index (χ1) is 10.6. The topological polar surface area (TPSA) is 56.1 Å². The molecule has 2 rings (SSSR count). The van der Waals surface area contributed by atoms with Crippen molar-refractivity contribution in [3.05, 3.63) is 65.7 Å². The molecular weight excluding hydrogens is 274 g/mol. The molecule has 2 amide bonds. The minimum atomic E-state index is -0.149. The maximum atomic E-state index is 12.5. The standard InChI is InChI=1S/C18H19N3O/c1-14(2)21(13-16-6-4-3-5-7-16)18(22)20-17-10-8-15(12-19)9-11-17/h3-11,14H,13H2,1-2H3,(H,20,22). The number of benzene rings is 2. The van der Waals surface area contributed by atoms with Gasteiger partial charge in [-0.2, -0.15) is 5.26 Å². The number of nitrogens with zero attached hydrogens (tertiary/aromatic N) is 2. The highest BCUT2D eigenvalue weighted by molar-refractivity contribution is 5.89. The highest BCUT2D eigenvalue weighted by Gasteiger charge is 2.17. The van der Waals surface area contributed by atoms with Gasteiger partial charge in [0.05, 0.1) is 11.6 Å². The lowest BCUT2D eigenvalue weighted by Crippen LogP contribution is -2.39. The summed E-state index contributed by atoms with van der Waals surface area (Å²) in [6, 6.07) is 18.7. The number of urea groups is 1. The van der Waals surface area contributed by atoms with Crippen molar-refractivity contribution < 1.29 is 4.79 Å². The summed E-state index contributed by atoms with van der Waals surface area (Å²) in [4.78, 5) is 14.2. The lowest BCUT2D eigenvalue weighted by Gasteiger charge is -2.27. The molecule has 2 aromatic carbocycles. The Morgan fingerprint density at radius 3 is 2.32 bits per heavy atom. The summed E-state index contributed by atoms with van der Waals surface area (Å²) >= 11 is 0. The zero-order valence-corrected chi connectivity index (χ0v) is 12.8. The number of hydrogen-bond donors (Lipinski definition) is 1. The van der Waals surface area contributed by atoms with Crippen LogP contribution in [0, 0.1) is 11.3 Å². The van der Waals surface area contributed by atoms with Gasteiger partial charge in [0.2, 0.25) is 0 Å². The first-order valence-electron chi connectivity index (χ1n) is 7.22. The normalized spacial score (nSPS) is 10.1. The number of rotatable bonds is 4. The van der Waals surface area contributed by atoms with Gasteiger partial charge in [-0.25, -0.2) is 4.79 Å². The van der Waals surface area contributed by atoms with E-state index in [2.05, 4.69) is 11.4 Å². The fourth-order valence-corrected chi connectivity index (χ4v) is 2.09. The lowest BCUT2D eigenvalue weighted by molar-refractivity contribution is 0.193. The highest BCUT2D eigenvalue weighted by Crippen LogP contribution is 2.13. The third-order valence-corrected chi connectivity index (χ3v) is 3.35. The van der Waals surface area contributed by atoms with E-state index < -0.39 is 0 Å². The van der Waals surface area contributed by atoms with Gasteiger partial charge < -0.3 is 10.2 Å². The monoisotopic (exact) mass is 293 g/mol. The van der Waals surface area contributed by atoms with Crippen LogP contribution in [-0.4, -0.2) is 17.0 Å². The SMILES string of the molecule is CC(C)N(Cc1ccccc1)C(=O)Nc1ccc(C#N)cc1. The number of nitriles is 1. The Hall–Kier alpha value is -2.80. The summed E-state index contributed by atoms with van der Waals surface area (Å²) in [5.41, 5.74) is 2.34. The average molecular weight is 293 g/mol. The van der Waals surface area contributed by atoms with Crippen LogP contribution in [0.2, 0.25) is 0 Å². The van der Waals surface area contributed by atoms with E-state index in [9.17, 15) is 4.79 Å². The molecule has 0 aliphatic rings. The van der Waals surface area contributed by atoms with E-state index in [4.69, 9.17) is 5.26 Å². The van der Waals surface area contributed by atoms with Gasteiger partial charge in [-0.1, -0.05) is 30.3 Å². The molecule has 0 atom stereocenters. The van der Waals surface area contributed by atoms with E-state index in [1.54, 1.807) is 29.2 Å². The molecular formula is C18H19N3O. The summed E-state index contributed by atoms with van der Waals surface area (Å²) < 4.78 is 0. The first-order valence-corrected chi connectivity index (χ1v) is 7.22. The van der Waals surface area contributed by atoms with Crippen LogP contribution in [-0.2, 0) is 6.54 Å². The van der Waals surface area contributed by atoms with Crippen molar-refractivity contribution in [2.45, 2.75) is 26.4 Å². The van der Waals surface area contributed by atoms with Crippen molar-refractivity contribution >= 4 is 11.7 Å². The Bertz CT molecular complexity index is 657. The first kappa shape index (κ1) is 15.6. The van der Waals surface area contributed by atoms with Crippen molar-refractivity contribution in [2.24, 2.45) is 0 Å². The van der Waals surface area contributed by atoms with E-state index in [1.807, 2.05) is 44.2 Å². The summed E-state index contributed by atoms with van der Waals surface area (Å²) in [6.07, 6.45) is 0. The maximum Gasteiger partial charge on any atom is 0.322 e. The molecule has 0 saturated carbocycles. The minimum Gasteiger partial charge on any atom is -0.318 e. The molecule has 0 aromatic heterocycles. The highest BCUT2D eigenvalue weighted by atomic mass is 16.2. The molecule has 0 bridgehead atoms. The zero-order valence-electron chi connectivity index (χ0n) is 12.8. The second-order valence-electron chi connectivity index (χ2n) is 5.33. The van der Waals surface area contributed by atoms with E-state index in [0.717, 1.165) is 5.56 Å². The predicted octanol–water partition coefficient (Wildman–Crippen LogP) is 4.00. The van der Waals surface area contributed by atoms with Crippen LogP contribution in [0.4, 0.5) is 10.5 Å². The summed E-state index contributed by atoms with van der Waals surface area (Å²) in [6.45, 7) is 4.53. The Morgan fingerprint density at radius 2 is 1.77 bits per heavy atom. The maximum absolute atomic E-state index is 12.5. The van der Waals surface area contributed by atoms with Crippen LogP contribution >= 0.6 is 0 Å². The van der Waals surface area contributed by atoms with E-state index in [1.165, 1.54) is 0 Å². The largest absolute Gasteiger partial charge is 0.322 e. The fourth-order valence-electron chi connectivity index (χ4n) is 2.09. The van der Waals surface area contributed by atoms with Gasteiger partial charge in [-0.3, -0.25) is 0 Å². The summed E-state index contributed by atoms with van der Waals surface area (Å²) in [5.74, 6) is 0. The molecule has 4 nitrogen and oxygen atoms in total. The van der Waals surface area contributed by atoms with Crippen LogP contribution in [0.3, 0.4) is 0 Å². The van der Waals surface area contributed by atoms with Crippen LogP contribution in [0.1, 0.15) is 25.0 Å². The Labute approximate surface area is 131 Å². The molecule has 0 unspecified atom stereocenters. The molecule has 1 N–H and O–H groups in total. The number of hydrogen-bond acceptors (Lipinski definition) is 2. The summed E-state index contributed by atoms with van der Waals surface area (Å²) in [7, 11) is 0. The van der Waals surface area contributed by atoms with Crippen molar-refractivity contribution in [2.75, 3.05) is 5.32 Å². The second-order valence-corrected chi connectivity index (χ2v) is 5.33. The molecule has 2 aromatic rings. The number of amides is 2. The molecule has 112 valence electrons. The quantitative estimate of drug-likeness (QED) is 0.926. The van der Waals surface area contributed by atoms with Gasteiger partial charge in [-0.05, 0) is 43.7 Å². The summed E-state index contributed by atoms with van der Waals surface area (Å²) in [5, 5.41) is 11.7.